The number of rotatable bonds is 17. The molecule has 0 amide bonds. The van der Waals surface area contributed by atoms with Gasteiger partial charge in [0, 0.05) is 24.0 Å². The second-order valence-electron chi connectivity index (χ2n) is 12.6. The highest BCUT2D eigenvalue weighted by Crippen LogP contribution is 2.39. The minimum absolute atomic E-state index is 0.0226. The minimum Gasteiger partial charge on any atom is -0.507 e. The third kappa shape index (κ3) is 10.7. The lowest BCUT2D eigenvalue weighted by atomic mass is 9.95. The van der Waals surface area contributed by atoms with Crippen molar-refractivity contribution in [2.24, 2.45) is 0 Å². The van der Waals surface area contributed by atoms with E-state index in [-0.39, 0.29) is 42.0 Å². The zero-order valence-corrected chi connectivity index (χ0v) is 26.6. The molecule has 4 rings (SSSR count). The molecular weight excluding hydrogens is 560 g/mol. The van der Waals surface area contributed by atoms with Crippen molar-refractivity contribution in [3.63, 3.8) is 0 Å². The molecule has 44 heavy (non-hydrogen) atoms. The van der Waals surface area contributed by atoms with Crippen molar-refractivity contribution in [1.29, 1.82) is 0 Å². The van der Waals surface area contributed by atoms with Crippen LogP contribution >= 0.6 is 0 Å². The van der Waals surface area contributed by atoms with E-state index in [1.165, 1.54) is 0 Å². The van der Waals surface area contributed by atoms with Gasteiger partial charge in [-0.25, -0.2) is 0 Å². The van der Waals surface area contributed by atoms with Crippen molar-refractivity contribution in [2.75, 3.05) is 0 Å². The van der Waals surface area contributed by atoms with E-state index in [0.717, 1.165) is 77.0 Å². The molecule has 2 aliphatic heterocycles. The summed E-state index contributed by atoms with van der Waals surface area (Å²) in [5, 5.41) is 41.9. The molecule has 246 valence electrons. The zero-order valence-electron chi connectivity index (χ0n) is 26.6. The van der Waals surface area contributed by atoms with Gasteiger partial charge >= 0.3 is 0 Å². The number of ether oxygens (including phenoxy) is 4. The van der Waals surface area contributed by atoms with E-state index in [2.05, 4.69) is 6.92 Å². The molecule has 8 heteroatoms. The molecule has 0 saturated carbocycles. The fourth-order valence-corrected chi connectivity index (χ4v) is 6.36. The van der Waals surface area contributed by atoms with Crippen LogP contribution in [0.1, 0.15) is 127 Å². The summed E-state index contributed by atoms with van der Waals surface area (Å²) in [6.45, 7) is 4.17. The first-order chi connectivity index (χ1) is 21.4. The Kier molecular flexibility index (Phi) is 14.2. The summed E-state index contributed by atoms with van der Waals surface area (Å²) in [6.07, 6.45) is 9.30. The van der Waals surface area contributed by atoms with E-state index in [0.29, 0.717) is 24.0 Å². The van der Waals surface area contributed by atoms with Gasteiger partial charge in [0.2, 0.25) is 0 Å². The maximum Gasteiger partial charge on any atom is 0.188 e. The average molecular weight is 615 g/mol. The lowest BCUT2D eigenvalue weighted by Crippen LogP contribution is -2.36. The van der Waals surface area contributed by atoms with Gasteiger partial charge in [0.25, 0.3) is 0 Å². The topological polar surface area (TPSA) is 118 Å². The van der Waals surface area contributed by atoms with Crippen LogP contribution in [-0.2, 0) is 18.9 Å². The first-order valence-corrected chi connectivity index (χ1v) is 16.9. The average Bonchev–Trinajstić information content (AvgIpc) is 3.01. The molecule has 0 bridgehead atoms. The summed E-state index contributed by atoms with van der Waals surface area (Å²) < 4.78 is 25.1. The van der Waals surface area contributed by atoms with Gasteiger partial charge in [-0.2, -0.15) is 0 Å². The lowest BCUT2D eigenvalue weighted by molar-refractivity contribution is -0.254. The zero-order chi connectivity index (χ0) is 31.3. The molecule has 2 aromatic rings. The number of unbranched alkanes of at least 4 members (excludes halogenated alkanes) is 2. The Labute approximate surface area is 263 Å². The van der Waals surface area contributed by atoms with Gasteiger partial charge < -0.3 is 39.4 Å². The van der Waals surface area contributed by atoms with E-state index < -0.39 is 18.7 Å². The second kappa shape index (κ2) is 18.1. The number of hydrogen-bond donors (Lipinski definition) is 4. The molecule has 2 aromatic carbocycles. The number of aliphatic hydroxyl groups excluding tert-OH is 2. The number of aromatic hydroxyl groups is 2. The highest BCUT2D eigenvalue weighted by Gasteiger charge is 2.34. The molecule has 2 aliphatic rings. The van der Waals surface area contributed by atoms with Crippen molar-refractivity contribution < 1.29 is 39.4 Å². The fourth-order valence-electron chi connectivity index (χ4n) is 6.36. The van der Waals surface area contributed by atoms with Crippen LogP contribution in [0.5, 0.6) is 11.5 Å². The molecule has 0 aliphatic carbocycles. The summed E-state index contributed by atoms with van der Waals surface area (Å²) in [4.78, 5) is 0. The monoisotopic (exact) mass is 614 g/mol. The molecular formula is C36H54O8. The second-order valence-corrected chi connectivity index (χ2v) is 12.6. The SMILES string of the molecule is CCCCCC1CC(CC(O)CCCC2CC(CCCC(O)CC)OC(c3ccccc3O)O2)OC(c2ccccc2O)O1. The van der Waals surface area contributed by atoms with E-state index in [1.54, 1.807) is 24.3 Å². The Morgan fingerprint density at radius 3 is 1.57 bits per heavy atom. The third-order valence-corrected chi connectivity index (χ3v) is 8.96. The van der Waals surface area contributed by atoms with E-state index in [1.807, 2.05) is 31.2 Å². The quantitative estimate of drug-likeness (QED) is 0.135. The van der Waals surface area contributed by atoms with Crippen LogP contribution in [0.25, 0.3) is 0 Å². The third-order valence-electron chi connectivity index (χ3n) is 8.96. The van der Waals surface area contributed by atoms with Gasteiger partial charge in [0.1, 0.15) is 11.5 Å². The van der Waals surface area contributed by atoms with Crippen LogP contribution in [0.3, 0.4) is 0 Å². The molecule has 2 saturated heterocycles. The lowest BCUT2D eigenvalue weighted by Gasteiger charge is -2.37. The number of para-hydroxylation sites is 2. The maximum absolute atomic E-state index is 11.1. The normalized spacial score (nSPS) is 27.2. The maximum atomic E-state index is 11.1. The minimum atomic E-state index is -0.647. The first kappa shape index (κ1) is 34.7. The Hall–Kier alpha value is -2.20. The molecule has 0 spiro atoms. The number of hydrogen-bond acceptors (Lipinski definition) is 8. The summed E-state index contributed by atoms with van der Waals surface area (Å²) in [5.74, 6) is 0.310. The molecule has 0 radical (unpaired) electrons. The van der Waals surface area contributed by atoms with Crippen LogP contribution in [0.15, 0.2) is 48.5 Å². The van der Waals surface area contributed by atoms with E-state index in [4.69, 9.17) is 18.9 Å². The van der Waals surface area contributed by atoms with Crippen LogP contribution in [0, 0.1) is 0 Å². The van der Waals surface area contributed by atoms with Crippen molar-refractivity contribution in [1.82, 2.24) is 0 Å². The van der Waals surface area contributed by atoms with Gasteiger partial charge in [-0.05, 0) is 69.9 Å². The smallest absolute Gasteiger partial charge is 0.188 e. The molecule has 8 unspecified atom stereocenters. The Morgan fingerprint density at radius 1 is 0.614 bits per heavy atom. The van der Waals surface area contributed by atoms with E-state index in [9.17, 15) is 20.4 Å². The summed E-state index contributed by atoms with van der Waals surface area (Å²) in [6, 6.07) is 14.3. The predicted octanol–water partition coefficient (Wildman–Crippen LogP) is 7.59. The van der Waals surface area contributed by atoms with Gasteiger partial charge in [-0.3, -0.25) is 0 Å². The fraction of sp³-hybridized carbons (Fsp3) is 0.667. The highest BCUT2D eigenvalue weighted by atomic mass is 16.7. The predicted molar refractivity (Wildman–Crippen MR) is 169 cm³/mol. The van der Waals surface area contributed by atoms with Gasteiger partial charge in [0.15, 0.2) is 12.6 Å². The van der Waals surface area contributed by atoms with Crippen LogP contribution in [0.2, 0.25) is 0 Å². The van der Waals surface area contributed by atoms with Crippen molar-refractivity contribution in [3.05, 3.63) is 59.7 Å². The first-order valence-electron chi connectivity index (χ1n) is 16.9. The van der Waals surface area contributed by atoms with Crippen LogP contribution in [-0.4, -0.2) is 57.0 Å². The molecule has 0 aromatic heterocycles. The van der Waals surface area contributed by atoms with Crippen molar-refractivity contribution in [2.45, 2.75) is 153 Å². The molecule has 4 N–H and O–H groups in total. The van der Waals surface area contributed by atoms with Crippen molar-refractivity contribution >= 4 is 0 Å². The molecule has 2 heterocycles. The Balaban J connectivity index is 1.31. The number of aliphatic hydroxyl groups is 2. The standard InChI is InChI=1S/C36H54O8/c1-3-5-6-15-27-24-30(44-36(41-27)32-19-8-10-21-34(32)40)22-26(38)14-12-17-29-23-28(16-11-13-25(37)4-2)42-35(43-29)31-18-7-9-20-33(31)39/h7-10,18-21,25-30,35-40H,3-6,11-17,22-24H2,1-2H3. The summed E-state index contributed by atoms with van der Waals surface area (Å²) >= 11 is 0. The largest absolute Gasteiger partial charge is 0.507 e. The van der Waals surface area contributed by atoms with Crippen LogP contribution < -0.4 is 0 Å². The molecule has 8 nitrogen and oxygen atoms in total. The number of benzene rings is 2. The summed E-state index contributed by atoms with van der Waals surface area (Å²) in [7, 11) is 0. The number of phenols is 2. The number of phenolic OH excluding ortho intramolecular Hbond substituents is 2. The van der Waals surface area contributed by atoms with Gasteiger partial charge in [-0.15, -0.1) is 0 Å². The molecule has 8 atom stereocenters. The highest BCUT2D eigenvalue weighted by molar-refractivity contribution is 5.33. The van der Waals surface area contributed by atoms with Gasteiger partial charge in [0.05, 0.1) is 36.6 Å². The Bertz CT molecular complexity index is 1100. The van der Waals surface area contributed by atoms with E-state index >= 15 is 0 Å². The van der Waals surface area contributed by atoms with Crippen LogP contribution in [0.4, 0.5) is 0 Å². The Morgan fingerprint density at radius 2 is 1.07 bits per heavy atom. The van der Waals surface area contributed by atoms with Gasteiger partial charge in [-0.1, -0.05) is 69.5 Å². The molecule has 2 fully saturated rings. The van der Waals surface area contributed by atoms with Crippen molar-refractivity contribution in [3.8, 4) is 11.5 Å². The summed E-state index contributed by atoms with van der Waals surface area (Å²) in [5.41, 5.74) is 1.25.